The quantitative estimate of drug-likeness (QED) is 0.637. The van der Waals surface area contributed by atoms with E-state index in [9.17, 15) is 13.2 Å². The van der Waals surface area contributed by atoms with Gasteiger partial charge in [-0.25, -0.2) is 8.42 Å². The molecule has 0 saturated carbocycles. The maximum absolute atomic E-state index is 12.9. The van der Waals surface area contributed by atoms with E-state index in [2.05, 4.69) is 15.7 Å². The summed E-state index contributed by atoms with van der Waals surface area (Å²) < 4.78 is 30.2. The summed E-state index contributed by atoms with van der Waals surface area (Å²) in [4.78, 5) is 13.1. The van der Waals surface area contributed by atoms with Gasteiger partial charge in [0.25, 0.3) is 0 Å². The van der Waals surface area contributed by atoms with Gasteiger partial charge in [0.2, 0.25) is 5.91 Å². The van der Waals surface area contributed by atoms with Crippen molar-refractivity contribution < 1.29 is 17.9 Å². The maximum atomic E-state index is 12.9. The number of nitrogens with one attached hydrogen (secondary N) is 2. The van der Waals surface area contributed by atoms with Crippen molar-refractivity contribution in [3.63, 3.8) is 0 Å². The van der Waals surface area contributed by atoms with E-state index < -0.39 is 15.4 Å². The summed E-state index contributed by atoms with van der Waals surface area (Å²) in [6.45, 7) is 2.16. The topological polar surface area (TPSA) is 102 Å². The fraction of sp³-hybridized carbons (Fsp3) is 0.444. The van der Waals surface area contributed by atoms with E-state index >= 15 is 0 Å². The second-order valence-corrected chi connectivity index (χ2v) is 8.60. The highest BCUT2D eigenvalue weighted by Gasteiger charge is 2.41. The van der Waals surface area contributed by atoms with E-state index in [4.69, 9.17) is 4.74 Å². The van der Waals surface area contributed by atoms with Crippen molar-refractivity contribution in [1.29, 1.82) is 0 Å². The number of piperidine rings is 1. The Morgan fingerprint density at radius 3 is 2.54 bits per heavy atom. The Labute approximate surface area is 171 Å². The zero-order chi connectivity index (χ0) is 19.3. The van der Waals surface area contributed by atoms with Crippen LogP contribution in [-0.4, -0.2) is 56.6 Å². The van der Waals surface area contributed by atoms with Crippen LogP contribution < -0.4 is 15.4 Å². The number of hydrogen-bond donors (Lipinski definition) is 2. The van der Waals surface area contributed by atoms with Crippen molar-refractivity contribution in [2.24, 2.45) is 0 Å². The van der Waals surface area contributed by atoms with Crippen LogP contribution in [-0.2, 0) is 20.2 Å². The summed E-state index contributed by atoms with van der Waals surface area (Å²) in [5.74, 6) is 0.490. The monoisotopic (exact) mass is 428 g/mol. The number of nitrogens with zero attached hydrogens (tertiary/aromatic N) is 2. The Balaban J connectivity index is 0.00000280. The highest BCUT2D eigenvalue weighted by Crippen LogP contribution is 2.27. The van der Waals surface area contributed by atoms with Gasteiger partial charge in [-0.3, -0.25) is 9.48 Å². The summed E-state index contributed by atoms with van der Waals surface area (Å²) >= 11 is 0. The number of carbonyl (C=O) groups is 1. The zero-order valence-electron chi connectivity index (χ0n) is 15.6. The van der Waals surface area contributed by atoms with Crippen molar-refractivity contribution in [1.82, 2.24) is 20.4 Å². The van der Waals surface area contributed by atoms with E-state index in [1.807, 2.05) is 12.3 Å². The van der Waals surface area contributed by atoms with Gasteiger partial charge in [-0.15, -0.1) is 12.4 Å². The highest BCUT2D eigenvalue weighted by atomic mass is 35.5. The molecule has 10 heteroatoms. The standard InChI is InChI=1S/C18H24N4O4S.ClH/c1-27(24,25)16-5-3-15(4-6-16)26-14-12-20-17(23)18(7-10-19-11-8-18)22-13-2-9-21-22;/h2-6,9,13,19H,7-8,10-12,14H2,1H3,(H,20,23);1H. The number of rotatable bonds is 7. The average Bonchev–Trinajstić information content (AvgIpc) is 3.20. The molecular formula is C18H25ClN4O4S. The van der Waals surface area contributed by atoms with Crippen LogP contribution in [0.3, 0.4) is 0 Å². The van der Waals surface area contributed by atoms with Gasteiger partial charge in [0.05, 0.1) is 11.4 Å². The van der Waals surface area contributed by atoms with Gasteiger partial charge in [0.15, 0.2) is 9.84 Å². The molecule has 0 spiro atoms. The minimum absolute atomic E-state index is 0. The van der Waals surface area contributed by atoms with Gasteiger partial charge < -0.3 is 15.4 Å². The first kappa shape index (κ1) is 22.2. The number of aromatic nitrogens is 2. The number of benzene rings is 1. The number of carbonyl (C=O) groups excluding carboxylic acids is 1. The number of sulfone groups is 1. The van der Waals surface area contributed by atoms with E-state index in [0.717, 1.165) is 19.3 Å². The SMILES string of the molecule is CS(=O)(=O)c1ccc(OCCNC(=O)C2(n3cccn3)CCNCC2)cc1.Cl. The molecule has 154 valence electrons. The van der Waals surface area contributed by atoms with E-state index in [1.165, 1.54) is 12.1 Å². The molecule has 3 rings (SSSR count). The van der Waals surface area contributed by atoms with E-state index in [0.29, 0.717) is 25.1 Å². The first-order chi connectivity index (χ1) is 12.9. The molecule has 1 aliphatic heterocycles. The van der Waals surface area contributed by atoms with Crippen molar-refractivity contribution in [3.05, 3.63) is 42.7 Å². The minimum Gasteiger partial charge on any atom is -0.492 e. The summed E-state index contributed by atoms with van der Waals surface area (Å²) in [5.41, 5.74) is -0.675. The van der Waals surface area contributed by atoms with Crippen LogP contribution in [0.4, 0.5) is 0 Å². The van der Waals surface area contributed by atoms with Crippen molar-refractivity contribution in [3.8, 4) is 5.75 Å². The average molecular weight is 429 g/mol. The lowest BCUT2D eigenvalue weighted by Crippen LogP contribution is -2.55. The third-order valence-electron chi connectivity index (χ3n) is 4.70. The van der Waals surface area contributed by atoms with Gasteiger partial charge >= 0.3 is 0 Å². The Hall–Kier alpha value is -2.10. The maximum Gasteiger partial charge on any atom is 0.248 e. The molecule has 1 saturated heterocycles. The molecule has 1 fully saturated rings. The van der Waals surface area contributed by atoms with Crippen molar-refractivity contribution in [2.45, 2.75) is 23.3 Å². The van der Waals surface area contributed by atoms with Crippen molar-refractivity contribution in [2.75, 3.05) is 32.5 Å². The van der Waals surface area contributed by atoms with Gasteiger partial charge in [-0.05, 0) is 56.3 Å². The molecular weight excluding hydrogens is 404 g/mol. The molecule has 28 heavy (non-hydrogen) atoms. The smallest absolute Gasteiger partial charge is 0.248 e. The van der Waals surface area contributed by atoms with Crippen molar-refractivity contribution >= 4 is 28.2 Å². The number of ether oxygens (including phenoxy) is 1. The molecule has 2 N–H and O–H groups in total. The Morgan fingerprint density at radius 1 is 1.29 bits per heavy atom. The lowest BCUT2D eigenvalue weighted by Gasteiger charge is -2.36. The second-order valence-electron chi connectivity index (χ2n) is 6.58. The molecule has 1 aliphatic rings. The summed E-state index contributed by atoms with van der Waals surface area (Å²) in [6.07, 6.45) is 6.02. The molecule has 0 radical (unpaired) electrons. The second kappa shape index (κ2) is 9.40. The molecule has 2 heterocycles. The molecule has 8 nitrogen and oxygen atoms in total. The summed E-state index contributed by atoms with van der Waals surface area (Å²) in [5, 5.41) is 10.5. The van der Waals surface area contributed by atoms with Crippen LogP contribution >= 0.6 is 12.4 Å². The number of amides is 1. The molecule has 0 unspecified atom stereocenters. The molecule has 2 aromatic rings. The first-order valence-electron chi connectivity index (χ1n) is 8.84. The fourth-order valence-electron chi connectivity index (χ4n) is 3.20. The van der Waals surface area contributed by atoms with Gasteiger partial charge in [-0.2, -0.15) is 5.10 Å². The Bertz CT molecular complexity index is 864. The molecule has 0 atom stereocenters. The van der Waals surface area contributed by atoms with Crippen LogP contribution in [0.25, 0.3) is 0 Å². The highest BCUT2D eigenvalue weighted by molar-refractivity contribution is 7.90. The molecule has 0 bridgehead atoms. The van der Waals surface area contributed by atoms with E-state index in [1.54, 1.807) is 23.0 Å². The Morgan fingerprint density at radius 2 is 1.96 bits per heavy atom. The molecule has 0 aliphatic carbocycles. The van der Waals surface area contributed by atoms with Gasteiger partial charge in [0, 0.05) is 18.6 Å². The fourth-order valence-corrected chi connectivity index (χ4v) is 3.83. The predicted molar refractivity (Wildman–Crippen MR) is 108 cm³/mol. The van der Waals surface area contributed by atoms with Crippen LogP contribution in [0.1, 0.15) is 12.8 Å². The van der Waals surface area contributed by atoms with Gasteiger partial charge in [0.1, 0.15) is 17.9 Å². The number of hydrogen-bond acceptors (Lipinski definition) is 6. The predicted octanol–water partition coefficient (Wildman–Crippen LogP) is 0.982. The first-order valence-corrected chi connectivity index (χ1v) is 10.7. The third kappa shape index (κ3) is 5.03. The van der Waals surface area contributed by atoms with Gasteiger partial charge in [-0.1, -0.05) is 0 Å². The molecule has 1 amide bonds. The summed E-state index contributed by atoms with van der Waals surface area (Å²) in [6, 6.07) is 8.04. The molecule has 1 aromatic carbocycles. The van der Waals surface area contributed by atoms with E-state index in [-0.39, 0.29) is 29.8 Å². The normalized spacial score (nSPS) is 16.0. The van der Waals surface area contributed by atoms with Crippen LogP contribution in [0, 0.1) is 0 Å². The van der Waals surface area contributed by atoms with Crippen LogP contribution in [0.15, 0.2) is 47.6 Å². The lowest BCUT2D eigenvalue weighted by atomic mass is 9.87. The summed E-state index contributed by atoms with van der Waals surface area (Å²) in [7, 11) is -3.22. The van der Waals surface area contributed by atoms with Crippen LogP contribution in [0.2, 0.25) is 0 Å². The third-order valence-corrected chi connectivity index (χ3v) is 5.83. The zero-order valence-corrected chi connectivity index (χ0v) is 17.3. The number of halogens is 1. The molecule has 1 aromatic heterocycles. The lowest BCUT2D eigenvalue weighted by molar-refractivity contribution is -0.132. The largest absolute Gasteiger partial charge is 0.492 e. The van der Waals surface area contributed by atoms with Crippen LogP contribution in [0.5, 0.6) is 5.75 Å². The minimum atomic E-state index is -3.22. The Kier molecular flexibility index (Phi) is 7.45.